The van der Waals surface area contributed by atoms with Gasteiger partial charge in [-0.05, 0) is 34.5 Å². The average Bonchev–Trinajstić information content (AvgIpc) is 2.60. The van der Waals surface area contributed by atoms with Crippen LogP contribution in [-0.2, 0) is 11.3 Å². The van der Waals surface area contributed by atoms with Crippen LogP contribution in [0, 0.1) is 11.8 Å². The zero-order chi connectivity index (χ0) is 16.9. The maximum atomic E-state index is 11.1. The summed E-state index contributed by atoms with van der Waals surface area (Å²) in [6, 6.07) is 21.7. The number of carbonyl (C=O) groups is 1. The Kier molecular flexibility index (Phi) is 4.60. The Morgan fingerprint density at radius 3 is 2.58 bits per heavy atom. The number of fused-ring (bicyclic) bond motifs is 1. The highest BCUT2D eigenvalue weighted by Gasteiger charge is 2.05. The minimum atomic E-state index is -0.387. The van der Waals surface area contributed by atoms with Crippen molar-refractivity contribution in [1.29, 1.82) is 0 Å². The van der Waals surface area contributed by atoms with Gasteiger partial charge in [0.2, 0.25) is 5.91 Å². The van der Waals surface area contributed by atoms with Gasteiger partial charge in [0.1, 0.15) is 0 Å². The highest BCUT2D eigenvalue weighted by atomic mass is 16.5. The van der Waals surface area contributed by atoms with Gasteiger partial charge in [-0.15, -0.1) is 0 Å². The average molecular weight is 315 g/mol. The predicted molar refractivity (Wildman–Crippen MR) is 94.4 cm³/mol. The lowest BCUT2D eigenvalue weighted by Crippen LogP contribution is -2.23. The van der Waals surface area contributed by atoms with Crippen LogP contribution in [0.1, 0.15) is 23.6 Å². The van der Waals surface area contributed by atoms with Crippen molar-refractivity contribution in [3.05, 3.63) is 83.4 Å². The molecule has 1 N–H and O–H groups in total. The minimum Gasteiger partial charge on any atom is -0.286 e. The summed E-state index contributed by atoms with van der Waals surface area (Å²) in [6.07, 6.45) is 0. The van der Waals surface area contributed by atoms with Gasteiger partial charge in [0, 0.05) is 18.1 Å². The maximum Gasteiger partial charge on any atom is 0.243 e. The summed E-state index contributed by atoms with van der Waals surface area (Å²) in [5.74, 6) is 5.99. The molecule has 0 bridgehead atoms. The molecule has 0 saturated heterocycles. The van der Waals surface area contributed by atoms with Crippen LogP contribution in [0.2, 0.25) is 0 Å². The number of benzene rings is 3. The first-order valence-corrected chi connectivity index (χ1v) is 7.69. The van der Waals surface area contributed by atoms with E-state index in [0.717, 1.165) is 27.5 Å². The van der Waals surface area contributed by atoms with Crippen molar-refractivity contribution >= 4 is 16.7 Å². The molecule has 0 saturated carbocycles. The predicted octanol–water partition coefficient (Wildman–Crippen LogP) is 3.98. The molecule has 3 rings (SSSR count). The van der Waals surface area contributed by atoms with E-state index in [1.165, 1.54) is 6.92 Å². The molecule has 0 aromatic heterocycles. The molecule has 24 heavy (non-hydrogen) atoms. The minimum absolute atomic E-state index is 0.152. The molecule has 0 fully saturated rings. The molecule has 3 heteroatoms. The molecule has 1 amide bonds. The van der Waals surface area contributed by atoms with Crippen LogP contribution in [-0.4, -0.2) is 16.2 Å². The van der Waals surface area contributed by atoms with Gasteiger partial charge in [-0.25, -0.2) is 5.06 Å². The summed E-state index contributed by atoms with van der Waals surface area (Å²) < 4.78 is 0. The van der Waals surface area contributed by atoms with Gasteiger partial charge in [0.25, 0.3) is 0 Å². The van der Waals surface area contributed by atoms with Crippen LogP contribution in [0.3, 0.4) is 0 Å². The van der Waals surface area contributed by atoms with Crippen LogP contribution < -0.4 is 0 Å². The van der Waals surface area contributed by atoms with E-state index in [9.17, 15) is 10.0 Å². The number of hydrogen-bond acceptors (Lipinski definition) is 2. The molecular weight excluding hydrogens is 298 g/mol. The number of hydroxylamine groups is 2. The van der Waals surface area contributed by atoms with E-state index < -0.39 is 0 Å². The summed E-state index contributed by atoms with van der Waals surface area (Å²) >= 11 is 0. The highest BCUT2D eigenvalue weighted by Crippen LogP contribution is 2.17. The second-order valence-electron chi connectivity index (χ2n) is 5.55. The molecular formula is C21H17NO2. The third-order valence-electron chi connectivity index (χ3n) is 3.75. The fraction of sp³-hybridized carbons (Fsp3) is 0.0952. The number of hydrogen-bond donors (Lipinski definition) is 1. The van der Waals surface area contributed by atoms with E-state index in [1.807, 2.05) is 48.5 Å². The van der Waals surface area contributed by atoms with Crippen LogP contribution >= 0.6 is 0 Å². The summed E-state index contributed by atoms with van der Waals surface area (Å²) in [4.78, 5) is 11.1. The van der Waals surface area contributed by atoms with Crippen LogP contribution in [0.4, 0.5) is 0 Å². The topological polar surface area (TPSA) is 40.5 Å². The molecule has 0 aliphatic carbocycles. The maximum absolute atomic E-state index is 11.1. The van der Waals surface area contributed by atoms with E-state index in [-0.39, 0.29) is 12.5 Å². The first-order valence-electron chi connectivity index (χ1n) is 7.69. The van der Waals surface area contributed by atoms with Crippen LogP contribution in [0.25, 0.3) is 10.8 Å². The quantitative estimate of drug-likeness (QED) is 0.441. The number of amides is 1. The fourth-order valence-corrected chi connectivity index (χ4v) is 2.51. The van der Waals surface area contributed by atoms with Crippen molar-refractivity contribution < 1.29 is 10.0 Å². The molecule has 0 heterocycles. The molecule has 0 unspecified atom stereocenters. The monoisotopic (exact) mass is 315 g/mol. The van der Waals surface area contributed by atoms with Crippen molar-refractivity contribution in [2.75, 3.05) is 0 Å². The van der Waals surface area contributed by atoms with Crippen molar-refractivity contribution in [3.8, 4) is 11.8 Å². The van der Waals surface area contributed by atoms with Crippen molar-refractivity contribution in [3.63, 3.8) is 0 Å². The molecule has 118 valence electrons. The fourth-order valence-electron chi connectivity index (χ4n) is 2.51. The lowest BCUT2D eigenvalue weighted by atomic mass is 10.0. The highest BCUT2D eigenvalue weighted by molar-refractivity contribution is 5.88. The van der Waals surface area contributed by atoms with E-state index in [4.69, 9.17) is 0 Å². The lowest BCUT2D eigenvalue weighted by Gasteiger charge is -2.12. The van der Waals surface area contributed by atoms with Crippen molar-refractivity contribution in [2.24, 2.45) is 0 Å². The van der Waals surface area contributed by atoms with Crippen molar-refractivity contribution in [2.45, 2.75) is 13.5 Å². The Labute approximate surface area is 141 Å². The molecule has 3 nitrogen and oxygen atoms in total. The summed E-state index contributed by atoms with van der Waals surface area (Å²) in [7, 11) is 0. The lowest BCUT2D eigenvalue weighted by molar-refractivity contribution is -0.165. The Hall–Kier alpha value is -3.09. The second-order valence-corrected chi connectivity index (χ2v) is 5.55. The first-order chi connectivity index (χ1) is 11.6. The van der Waals surface area contributed by atoms with Gasteiger partial charge < -0.3 is 0 Å². The van der Waals surface area contributed by atoms with Gasteiger partial charge in [-0.1, -0.05) is 60.4 Å². The number of carbonyl (C=O) groups excluding carboxylic acids is 1. The molecule has 0 atom stereocenters. The molecule has 3 aromatic rings. The largest absolute Gasteiger partial charge is 0.286 e. The molecule has 3 aromatic carbocycles. The van der Waals surface area contributed by atoms with E-state index in [2.05, 4.69) is 30.0 Å². The third kappa shape index (κ3) is 3.62. The van der Waals surface area contributed by atoms with Gasteiger partial charge >= 0.3 is 0 Å². The first kappa shape index (κ1) is 15.8. The van der Waals surface area contributed by atoms with Gasteiger partial charge in [0.15, 0.2) is 0 Å². The Balaban J connectivity index is 1.89. The van der Waals surface area contributed by atoms with Crippen molar-refractivity contribution in [1.82, 2.24) is 5.06 Å². The van der Waals surface area contributed by atoms with Gasteiger partial charge in [-0.2, -0.15) is 0 Å². The van der Waals surface area contributed by atoms with Crippen LogP contribution in [0.15, 0.2) is 66.7 Å². The Bertz CT molecular complexity index is 945. The smallest absolute Gasteiger partial charge is 0.243 e. The summed E-state index contributed by atoms with van der Waals surface area (Å²) in [6.45, 7) is 1.48. The standard InChI is InChI=1S/C21H17NO2/c1-16(23)22(24)15-18-7-4-6-17(14-18)12-13-20-10-5-9-19-8-2-3-11-21(19)20/h2-11,14,24H,15H2,1H3. The Morgan fingerprint density at radius 1 is 1.00 bits per heavy atom. The molecule has 0 aliphatic heterocycles. The van der Waals surface area contributed by atoms with Gasteiger partial charge in [0.05, 0.1) is 6.54 Å². The molecule has 0 radical (unpaired) electrons. The zero-order valence-electron chi connectivity index (χ0n) is 13.4. The summed E-state index contributed by atoms with van der Waals surface area (Å²) in [5.41, 5.74) is 2.65. The molecule has 0 aliphatic rings. The number of rotatable bonds is 2. The Morgan fingerprint density at radius 2 is 1.75 bits per heavy atom. The second kappa shape index (κ2) is 6.99. The zero-order valence-corrected chi connectivity index (χ0v) is 13.4. The third-order valence-corrected chi connectivity index (χ3v) is 3.75. The summed E-state index contributed by atoms with van der Waals surface area (Å²) in [5, 5.41) is 12.5. The van der Waals surface area contributed by atoms with E-state index in [0.29, 0.717) is 5.06 Å². The van der Waals surface area contributed by atoms with E-state index in [1.54, 1.807) is 0 Å². The number of nitrogens with zero attached hydrogens (tertiary/aromatic N) is 1. The van der Waals surface area contributed by atoms with Crippen LogP contribution in [0.5, 0.6) is 0 Å². The normalized spacial score (nSPS) is 10.1. The molecule has 0 spiro atoms. The SMILES string of the molecule is CC(=O)N(O)Cc1cccc(C#Cc2cccc3ccccc23)c1. The van der Waals surface area contributed by atoms with Gasteiger partial charge in [-0.3, -0.25) is 10.0 Å². The van der Waals surface area contributed by atoms with E-state index >= 15 is 0 Å².